The van der Waals surface area contributed by atoms with E-state index in [0.29, 0.717) is 10.0 Å². The molecule has 0 saturated heterocycles. The molecule has 1 N–H and O–H groups in total. The maximum absolute atomic E-state index is 12.7. The minimum atomic E-state index is -4.69. The molecule has 0 aliphatic rings. The van der Waals surface area contributed by atoms with Gasteiger partial charge >= 0.3 is 12.3 Å². The first-order valence-corrected chi connectivity index (χ1v) is 5.77. The summed E-state index contributed by atoms with van der Waals surface area (Å²) in [6, 6.07) is 5.79. The maximum Gasteiger partial charge on any atom is 0.383 e. The minimum absolute atomic E-state index is 0.524. The van der Waals surface area contributed by atoms with Gasteiger partial charge in [0.1, 0.15) is 0 Å². The molecule has 100 valence electrons. The van der Waals surface area contributed by atoms with E-state index < -0.39 is 24.3 Å². The van der Waals surface area contributed by atoms with Crippen molar-refractivity contribution in [1.29, 1.82) is 0 Å². The number of rotatable bonds is 4. The zero-order valence-corrected chi connectivity index (χ0v) is 10.8. The summed E-state index contributed by atoms with van der Waals surface area (Å²) in [6.07, 6.45) is -4.02. The summed E-state index contributed by atoms with van der Waals surface area (Å²) in [4.78, 5) is 11.0. The SMILES string of the molecule is C[C@@H](NC(=O)C(F)(F)C(F)F)c1ccccc1Br. The van der Waals surface area contributed by atoms with E-state index in [1.165, 1.54) is 6.92 Å². The van der Waals surface area contributed by atoms with Gasteiger partial charge in [-0.15, -0.1) is 0 Å². The van der Waals surface area contributed by atoms with Crippen LogP contribution in [0.3, 0.4) is 0 Å². The number of carbonyl (C=O) groups excluding carboxylic acids is 1. The van der Waals surface area contributed by atoms with Gasteiger partial charge in [0, 0.05) is 4.47 Å². The van der Waals surface area contributed by atoms with Crippen LogP contribution in [0.5, 0.6) is 0 Å². The van der Waals surface area contributed by atoms with Crippen molar-refractivity contribution in [2.24, 2.45) is 0 Å². The van der Waals surface area contributed by atoms with E-state index in [4.69, 9.17) is 0 Å². The van der Waals surface area contributed by atoms with Crippen molar-refractivity contribution in [3.8, 4) is 0 Å². The molecule has 0 bridgehead atoms. The molecule has 2 nitrogen and oxygen atoms in total. The summed E-state index contributed by atoms with van der Waals surface area (Å²) in [5.41, 5.74) is 0.524. The van der Waals surface area contributed by atoms with Crippen LogP contribution in [-0.4, -0.2) is 18.3 Å². The molecule has 0 radical (unpaired) electrons. The molecule has 0 spiro atoms. The van der Waals surface area contributed by atoms with E-state index in [1.807, 2.05) is 5.32 Å². The minimum Gasteiger partial charge on any atom is -0.344 e. The normalized spacial score (nSPS) is 13.5. The lowest BCUT2D eigenvalue weighted by molar-refractivity contribution is -0.170. The molecule has 0 aromatic heterocycles. The first-order valence-electron chi connectivity index (χ1n) is 4.98. The number of nitrogens with one attached hydrogen (secondary N) is 1. The summed E-state index contributed by atoms with van der Waals surface area (Å²) in [5, 5.41) is 1.86. The van der Waals surface area contributed by atoms with Crippen molar-refractivity contribution < 1.29 is 22.4 Å². The van der Waals surface area contributed by atoms with Gasteiger partial charge in [0.25, 0.3) is 5.91 Å². The van der Waals surface area contributed by atoms with Crippen LogP contribution in [0.15, 0.2) is 28.7 Å². The van der Waals surface area contributed by atoms with E-state index in [0.717, 1.165) is 0 Å². The Morgan fingerprint density at radius 2 is 1.89 bits per heavy atom. The Bertz CT molecular complexity index is 439. The highest BCUT2D eigenvalue weighted by Crippen LogP contribution is 2.26. The first kappa shape index (κ1) is 14.9. The largest absolute Gasteiger partial charge is 0.383 e. The highest BCUT2D eigenvalue weighted by molar-refractivity contribution is 9.10. The van der Waals surface area contributed by atoms with Gasteiger partial charge in [-0.2, -0.15) is 8.78 Å². The molecule has 0 unspecified atom stereocenters. The second-order valence-corrected chi connectivity index (χ2v) is 4.49. The van der Waals surface area contributed by atoms with Crippen molar-refractivity contribution in [1.82, 2.24) is 5.32 Å². The number of hydrogen-bond donors (Lipinski definition) is 1. The molecule has 1 atom stereocenters. The average molecular weight is 328 g/mol. The van der Waals surface area contributed by atoms with Gasteiger partial charge in [-0.25, -0.2) is 8.78 Å². The fourth-order valence-corrected chi connectivity index (χ4v) is 1.92. The molecule has 0 aliphatic carbocycles. The molecule has 18 heavy (non-hydrogen) atoms. The molecular weight excluding hydrogens is 318 g/mol. The lowest BCUT2D eigenvalue weighted by Crippen LogP contribution is -2.46. The molecular formula is C11H10BrF4NO. The molecule has 1 aromatic carbocycles. The van der Waals surface area contributed by atoms with E-state index in [9.17, 15) is 22.4 Å². The van der Waals surface area contributed by atoms with E-state index in [2.05, 4.69) is 15.9 Å². The molecule has 7 heteroatoms. The van der Waals surface area contributed by atoms with E-state index in [-0.39, 0.29) is 0 Å². The highest BCUT2D eigenvalue weighted by Gasteiger charge is 2.49. The lowest BCUT2D eigenvalue weighted by atomic mass is 10.1. The third-order valence-corrected chi connectivity index (χ3v) is 3.02. The van der Waals surface area contributed by atoms with Crippen LogP contribution < -0.4 is 5.32 Å². The third kappa shape index (κ3) is 3.22. The molecule has 1 aromatic rings. The Morgan fingerprint density at radius 3 is 2.39 bits per heavy atom. The van der Waals surface area contributed by atoms with Gasteiger partial charge in [0.05, 0.1) is 6.04 Å². The van der Waals surface area contributed by atoms with Crippen molar-refractivity contribution in [2.75, 3.05) is 0 Å². The third-order valence-electron chi connectivity index (χ3n) is 2.30. The number of halogens is 5. The predicted octanol–water partition coefficient (Wildman–Crippen LogP) is 3.53. The standard InChI is InChI=1S/C11H10BrF4NO/c1-6(7-4-2-3-5-8(7)12)17-10(18)11(15,16)9(13)14/h2-6,9H,1H3,(H,17,18)/t6-/m1/s1. The van der Waals surface area contributed by atoms with Gasteiger partial charge in [-0.3, -0.25) is 4.79 Å². The highest BCUT2D eigenvalue weighted by atomic mass is 79.9. The van der Waals surface area contributed by atoms with Crippen LogP contribution in [0.25, 0.3) is 0 Å². The van der Waals surface area contributed by atoms with Crippen molar-refractivity contribution >= 4 is 21.8 Å². The molecule has 0 aliphatic heterocycles. The van der Waals surface area contributed by atoms with E-state index >= 15 is 0 Å². The molecule has 0 saturated carbocycles. The van der Waals surface area contributed by atoms with Gasteiger partial charge in [0.15, 0.2) is 0 Å². The Kier molecular flexibility index (Phi) is 4.72. The Labute approximate surface area is 109 Å². The van der Waals surface area contributed by atoms with Crippen molar-refractivity contribution in [3.05, 3.63) is 34.3 Å². The Balaban J connectivity index is 2.81. The summed E-state index contributed by atoms with van der Waals surface area (Å²) in [6.45, 7) is 1.43. The number of alkyl halides is 4. The quantitative estimate of drug-likeness (QED) is 0.842. The lowest BCUT2D eigenvalue weighted by Gasteiger charge is -2.20. The van der Waals surface area contributed by atoms with Crippen LogP contribution in [0.2, 0.25) is 0 Å². The first-order chi connectivity index (χ1) is 8.26. The smallest absolute Gasteiger partial charge is 0.344 e. The number of carbonyl (C=O) groups is 1. The second kappa shape index (κ2) is 5.69. The number of amides is 1. The predicted molar refractivity (Wildman–Crippen MR) is 61.7 cm³/mol. The molecule has 0 heterocycles. The van der Waals surface area contributed by atoms with E-state index in [1.54, 1.807) is 24.3 Å². The monoisotopic (exact) mass is 327 g/mol. The number of hydrogen-bond acceptors (Lipinski definition) is 1. The fourth-order valence-electron chi connectivity index (χ4n) is 1.30. The van der Waals surface area contributed by atoms with Crippen LogP contribution in [0, 0.1) is 0 Å². The summed E-state index contributed by atoms with van der Waals surface area (Å²) >= 11 is 3.18. The van der Waals surface area contributed by atoms with Gasteiger partial charge in [-0.05, 0) is 18.6 Å². The fraction of sp³-hybridized carbons (Fsp3) is 0.364. The van der Waals surface area contributed by atoms with Crippen LogP contribution in [0.1, 0.15) is 18.5 Å². The summed E-state index contributed by atoms with van der Waals surface area (Å²) < 4.78 is 50.0. The number of benzene rings is 1. The molecule has 1 amide bonds. The van der Waals surface area contributed by atoms with Crippen molar-refractivity contribution in [2.45, 2.75) is 25.3 Å². The van der Waals surface area contributed by atoms with Crippen LogP contribution in [-0.2, 0) is 4.79 Å². The Hall–Kier alpha value is -1.11. The zero-order valence-electron chi connectivity index (χ0n) is 9.26. The summed E-state index contributed by atoms with van der Waals surface area (Å²) in [5.74, 6) is -6.67. The Morgan fingerprint density at radius 1 is 1.33 bits per heavy atom. The molecule has 0 fully saturated rings. The van der Waals surface area contributed by atoms with Crippen LogP contribution in [0.4, 0.5) is 17.6 Å². The topological polar surface area (TPSA) is 29.1 Å². The zero-order chi connectivity index (χ0) is 13.9. The average Bonchev–Trinajstić information content (AvgIpc) is 2.28. The molecule has 1 rings (SSSR count). The van der Waals surface area contributed by atoms with Gasteiger partial charge in [0.2, 0.25) is 0 Å². The van der Waals surface area contributed by atoms with Crippen LogP contribution >= 0.6 is 15.9 Å². The van der Waals surface area contributed by atoms with Gasteiger partial charge < -0.3 is 5.32 Å². The van der Waals surface area contributed by atoms with Crippen molar-refractivity contribution in [3.63, 3.8) is 0 Å². The maximum atomic E-state index is 12.7. The summed E-state index contributed by atoms with van der Waals surface area (Å²) in [7, 11) is 0. The van der Waals surface area contributed by atoms with Gasteiger partial charge in [-0.1, -0.05) is 34.1 Å². The second-order valence-electron chi connectivity index (χ2n) is 3.64.